The predicted octanol–water partition coefficient (Wildman–Crippen LogP) is 3.41. The molecular formula is C17H16BrN3O2. The lowest BCUT2D eigenvalue weighted by Crippen LogP contribution is -2.36. The van der Waals surface area contributed by atoms with E-state index in [0.717, 1.165) is 21.3 Å². The van der Waals surface area contributed by atoms with E-state index in [1.165, 1.54) is 0 Å². The van der Waals surface area contributed by atoms with Gasteiger partial charge in [0.2, 0.25) is 0 Å². The van der Waals surface area contributed by atoms with Crippen molar-refractivity contribution < 1.29 is 9.53 Å². The molecule has 3 rings (SSSR count). The van der Waals surface area contributed by atoms with Gasteiger partial charge in [-0.3, -0.25) is 4.79 Å². The van der Waals surface area contributed by atoms with Crippen LogP contribution in [0.3, 0.4) is 0 Å². The van der Waals surface area contributed by atoms with E-state index in [2.05, 4.69) is 31.2 Å². The first-order valence-corrected chi connectivity index (χ1v) is 8.04. The molecule has 118 valence electrons. The highest BCUT2D eigenvalue weighted by atomic mass is 79.9. The normalized spacial score (nSPS) is 12.1. The molecule has 1 atom stereocenters. The summed E-state index contributed by atoms with van der Waals surface area (Å²) in [6.07, 6.45) is -0.583. The van der Waals surface area contributed by atoms with Crippen molar-refractivity contribution in [2.45, 2.75) is 19.6 Å². The molecule has 0 radical (unpaired) electrons. The fraction of sp³-hybridized carbons (Fsp3) is 0.176. The summed E-state index contributed by atoms with van der Waals surface area (Å²) in [5.41, 5.74) is 1.84. The van der Waals surface area contributed by atoms with Crippen molar-refractivity contribution in [3.63, 3.8) is 0 Å². The van der Waals surface area contributed by atoms with Crippen LogP contribution in [0, 0.1) is 0 Å². The second-order valence-corrected chi connectivity index (χ2v) is 6.05. The first-order valence-electron chi connectivity index (χ1n) is 7.25. The minimum Gasteiger partial charge on any atom is -0.481 e. The number of halogens is 1. The van der Waals surface area contributed by atoms with Gasteiger partial charge in [-0.15, -0.1) is 0 Å². The van der Waals surface area contributed by atoms with Gasteiger partial charge in [0.05, 0.1) is 17.6 Å². The topological polar surface area (TPSA) is 67.0 Å². The summed E-state index contributed by atoms with van der Waals surface area (Å²) in [5, 5.41) is 2.82. The lowest BCUT2D eigenvalue weighted by molar-refractivity contribution is -0.127. The first kappa shape index (κ1) is 15.6. The molecule has 0 bridgehead atoms. The molecule has 0 fully saturated rings. The Morgan fingerprint density at radius 3 is 2.74 bits per heavy atom. The average Bonchev–Trinajstić information content (AvgIpc) is 2.97. The zero-order valence-electron chi connectivity index (χ0n) is 12.5. The van der Waals surface area contributed by atoms with Crippen LogP contribution in [0.5, 0.6) is 5.75 Å². The Bertz CT molecular complexity index is 781. The molecule has 0 aliphatic carbocycles. The van der Waals surface area contributed by atoms with Crippen LogP contribution in [-0.4, -0.2) is 22.0 Å². The maximum atomic E-state index is 12.1. The largest absolute Gasteiger partial charge is 0.481 e. The van der Waals surface area contributed by atoms with E-state index < -0.39 is 6.10 Å². The highest BCUT2D eigenvalue weighted by Gasteiger charge is 2.15. The summed E-state index contributed by atoms with van der Waals surface area (Å²) in [7, 11) is 0. The van der Waals surface area contributed by atoms with Crippen LogP contribution >= 0.6 is 15.9 Å². The Morgan fingerprint density at radius 2 is 2.00 bits per heavy atom. The van der Waals surface area contributed by atoms with Gasteiger partial charge in [-0.05, 0) is 43.3 Å². The number of H-pyrrole nitrogens is 1. The SMILES string of the molecule is CC(Oc1ccc(Br)cc1)C(=O)NCc1nc2ccccc2[nH]1. The summed E-state index contributed by atoms with van der Waals surface area (Å²) in [6.45, 7) is 2.05. The number of benzene rings is 2. The molecule has 23 heavy (non-hydrogen) atoms. The van der Waals surface area contributed by atoms with Crippen molar-refractivity contribution >= 4 is 32.9 Å². The second-order valence-electron chi connectivity index (χ2n) is 5.13. The quantitative estimate of drug-likeness (QED) is 0.719. The molecule has 6 heteroatoms. The molecule has 1 amide bonds. The van der Waals surface area contributed by atoms with E-state index >= 15 is 0 Å². The predicted molar refractivity (Wildman–Crippen MR) is 92.2 cm³/mol. The Labute approximate surface area is 142 Å². The van der Waals surface area contributed by atoms with Crippen LogP contribution < -0.4 is 10.1 Å². The van der Waals surface area contributed by atoms with E-state index in [0.29, 0.717) is 12.3 Å². The number of carbonyl (C=O) groups excluding carboxylic acids is 1. The second kappa shape index (κ2) is 6.83. The van der Waals surface area contributed by atoms with E-state index in [1.807, 2.05) is 48.5 Å². The molecule has 5 nitrogen and oxygen atoms in total. The molecule has 3 aromatic rings. The van der Waals surface area contributed by atoms with Gasteiger partial charge < -0.3 is 15.0 Å². The maximum absolute atomic E-state index is 12.1. The third kappa shape index (κ3) is 3.90. The first-order chi connectivity index (χ1) is 11.1. The number of para-hydroxylation sites is 2. The number of fused-ring (bicyclic) bond motifs is 1. The Morgan fingerprint density at radius 1 is 1.26 bits per heavy atom. The third-order valence-electron chi connectivity index (χ3n) is 3.36. The van der Waals surface area contributed by atoms with Crippen LogP contribution in [0.1, 0.15) is 12.7 Å². The van der Waals surface area contributed by atoms with Crippen molar-refractivity contribution in [1.29, 1.82) is 0 Å². The number of nitrogens with zero attached hydrogens (tertiary/aromatic N) is 1. The van der Waals surface area contributed by atoms with E-state index in [1.54, 1.807) is 6.92 Å². The zero-order valence-corrected chi connectivity index (χ0v) is 14.1. The van der Waals surface area contributed by atoms with E-state index in [9.17, 15) is 4.79 Å². The molecule has 1 heterocycles. The number of rotatable bonds is 5. The molecular weight excluding hydrogens is 358 g/mol. The van der Waals surface area contributed by atoms with Gasteiger partial charge in [-0.2, -0.15) is 0 Å². The van der Waals surface area contributed by atoms with Gasteiger partial charge in [0.25, 0.3) is 5.91 Å². The van der Waals surface area contributed by atoms with Crippen molar-refractivity contribution in [2.75, 3.05) is 0 Å². The van der Waals surface area contributed by atoms with Crippen LogP contribution in [0.4, 0.5) is 0 Å². The van der Waals surface area contributed by atoms with Crippen molar-refractivity contribution in [3.8, 4) is 5.75 Å². The smallest absolute Gasteiger partial charge is 0.261 e. The molecule has 0 spiro atoms. The minimum absolute atomic E-state index is 0.187. The summed E-state index contributed by atoms with van der Waals surface area (Å²) in [5.74, 6) is 1.18. The van der Waals surface area contributed by atoms with Crippen molar-refractivity contribution in [2.24, 2.45) is 0 Å². The van der Waals surface area contributed by atoms with E-state index in [4.69, 9.17) is 4.74 Å². The number of carbonyl (C=O) groups is 1. The fourth-order valence-corrected chi connectivity index (χ4v) is 2.44. The lowest BCUT2D eigenvalue weighted by atomic mass is 10.3. The van der Waals surface area contributed by atoms with Gasteiger partial charge in [-0.25, -0.2) is 4.98 Å². The lowest BCUT2D eigenvalue weighted by Gasteiger charge is -2.14. The Hall–Kier alpha value is -2.34. The number of hydrogen-bond acceptors (Lipinski definition) is 3. The molecule has 0 saturated carbocycles. The molecule has 0 aliphatic rings. The minimum atomic E-state index is -0.583. The number of aromatic nitrogens is 2. The number of ether oxygens (including phenoxy) is 1. The fourth-order valence-electron chi connectivity index (χ4n) is 2.17. The zero-order chi connectivity index (χ0) is 16.2. The molecule has 2 N–H and O–H groups in total. The van der Waals surface area contributed by atoms with Crippen LogP contribution in [0.2, 0.25) is 0 Å². The van der Waals surface area contributed by atoms with Crippen LogP contribution in [0.15, 0.2) is 53.0 Å². The number of hydrogen-bond donors (Lipinski definition) is 2. The molecule has 0 aliphatic heterocycles. The van der Waals surface area contributed by atoms with Gasteiger partial charge in [-0.1, -0.05) is 28.1 Å². The van der Waals surface area contributed by atoms with Gasteiger partial charge in [0.1, 0.15) is 11.6 Å². The number of nitrogens with one attached hydrogen (secondary N) is 2. The summed E-state index contributed by atoms with van der Waals surface area (Å²) >= 11 is 3.36. The monoisotopic (exact) mass is 373 g/mol. The summed E-state index contributed by atoms with van der Waals surface area (Å²) < 4.78 is 6.58. The summed E-state index contributed by atoms with van der Waals surface area (Å²) in [4.78, 5) is 19.7. The Balaban J connectivity index is 1.56. The molecule has 1 aromatic heterocycles. The molecule has 1 unspecified atom stereocenters. The standard InChI is InChI=1S/C17H16BrN3O2/c1-11(23-13-8-6-12(18)7-9-13)17(22)19-10-16-20-14-4-2-3-5-15(14)21-16/h2-9,11H,10H2,1H3,(H,19,22)(H,20,21). The molecule has 2 aromatic carbocycles. The van der Waals surface area contributed by atoms with Gasteiger partial charge >= 0.3 is 0 Å². The molecule has 0 saturated heterocycles. The van der Waals surface area contributed by atoms with Gasteiger partial charge in [0.15, 0.2) is 6.10 Å². The number of amides is 1. The number of aromatic amines is 1. The average molecular weight is 374 g/mol. The Kier molecular flexibility index (Phi) is 4.62. The van der Waals surface area contributed by atoms with Crippen LogP contribution in [0.25, 0.3) is 11.0 Å². The van der Waals surface area contributed by atoms with Crippen molar-refractivity contribution in [1.82, 2.24) is 15.3 Å². The maximum Gasteiger partial charge on any atom is 0.261 e. The van der Waals surface area contributed by atoms with Gasteiger partial charge in [0, 0.05) is 4.47 Å². The third-order valence-corrected chi connectivity index (χ3v) is 3.89. The highest BCUT2D eigenvalue weighted by Crippen LogP contribution is 2.17. The highest BCUT2D eigenvalue weighted by molar-refractivity contribution is 9.10. The summed E-state index contributed by atoms with van der Waals surface area (Å²) in [6, 6.07) is 15.1. The number of imidazole rings is 1. The van der Waals surface area contributed by atoms with E-state index in [-0.39, 0.29) is 5.91 Å². The van der Waals surface area contributed by atoms with Crippen LogP contribution in [-0.2, 0) is 11.3 Å². The van der Waals surface area contributed by atoms with Crippen molar-refractivity contribution in [3.05, 3.63) is 58.8 Å².